The summed E-state index contributed by atoms with van der Waals surface area (Å²) >= 11 is 0. The standard InChI is InChI=1S/C16H24N2O4S2/c1-13-2-4-14(5-3-13)10-18(16-7-9-24(21,22)12-16)17-15-6-8-23(19,20)11-15/h2-5,15-17H,6-12H2,1H3/t15-,16-/m1/s1. The Balaban J connectivity index is 1.74. The van der Waals surface area contributed by atoms with Gasteiger partial charge in [0.2, 0.25) is 0 Å². The summed E-state index contributed by atoms with van der Waals surface area (Å²) in [5.74, 6) is 0.654. The van der Waals surface area contributed by atoms with Gasteiger partial charge in [0, 0.05) is 18.6 Å². The molecule has 0 unspecified atom stereocenters. The molecule has 2 fully saturated rings. The van der Waals surface area contributed by atoms with E-state index in [4.69, 9.17) is 0 Å². The second-order valence-corrected chi connectivity index (χ2v) is 11.4. The van der Waals surface area contributed by atoms with Crippen molar-refractivity contribution < 1.29 is 16.8 Å². The van der Waals surface area contributed by atoms with Crippen molar-refractivity contribution in [1.82, 2.24) is 10.4 Å². The van der Waals surface area contributed by atoms with Gasteiger partial charge in [0.25, 0.3) is 0 Å². The Kier molecular flexibility index (Phi) is 5.01. The van der Waals surface area contributed by atoms with Crippen LogP contribution in [0.15, 0.2) is 24.3 Å². The number of sulfone groups is 2. The molecule has 2 heterocycles. The molecule has 8 heteroatoms. The number of rotatable bonds is 5. The lowest BCUT2D eigenvalue weighted by atomic mass is 10.1. The van der Waals surface area contributed by atoms with Crippen LogP contribution in [-0.2, 0) is 26.2 Å². The van der Waals surface area contributed by atoms with E-state index in [9.17, 15) is 16.8 Å². The van der Waals surface area contributed by atoms with Crippen molar-refractivity contribution in [2.75, 3.05) is 23.0 Å². The number of hydrazine groups is 1. The summed E-state index contributed by atoms with van der Waals surface area (Å²) in [6.45, 7) is 2.59. The summed E-state index contributed by atoms with van der Waals surface area (Å²) in [5.41, 5.74) is 5.56. The van der Waals surface area contributed by atoms with Gasteiger partial charge in [0.05, 0.1) is 23.0 Å². The van der Waals surface area contributed by atoms with Crippen LogP contribution < -0.4 is 5.43 Å². The van der Waals surface area contributed by atoms with Crippen LogP contribution in [0.3, 0.4) is 0 Å². The molecule has 0 bridgehead atoms. The van der Waals surface area contributed by atoms with Gasteiger partial charge in [-0.25, -0.2) is 21.8 Å². The summed E-state index contributed by atoms with van der Waals surface area (Å²) in [7, 11) is -5.97. The summed E-state index contributed by atoms with van der Waals surface area (Å²) in [6, 6.07) is 7.86. The number of nitrogens with one attached hydrogen (secondary N) is 1. The fourth-order valence-electron chi connectivity index (χ4n) is 3.32. The minimum atomic E-state index is -3.00. The normalized spacial score (nSPS) is 28.4. The molecule has 0 amide bonds. The van der Waals surface area contributed by atoms with E-state index < -0.39 is 19.7 Å². The van der Waals surface area contributed by atoms with E-state index in [1.165, 1.54) is 5.56 Å². The summed E-state index contributed by atoms with van der Waals surface area (Å²) in [5, 5.41) is 1.95. The molecule has 0 saturated carbocycles. The Bertz CT molecular complexity index is 788. The minimum absolute atomic E-state index is 0.111. The van der Waals surface area contributed by atoms with Gasteiger partial charge in [-0.15, -0.1) is 0 Å². The molecule has 2 aliphatic heterocycles. The van der Waals surface area contributed by atoms with Crippen molar-refractivity contribution in [2.45, 2.75) is 38.4 Å². The van der Waals surface area contributed by atoms with Gasteiger partial charge in [-0.2, -0.15) is 0 Å². The van der Waals surface area contributed by atoms with E-state index in [-0.39, 0.29) is 35.1 Å². The predicted octanol–water partition coefficient (Wildman–Crippen LogP) is 0.676. The molecule has 0 aliphatic carbocycles. The average Bonchev–Trinajstić information content (AvgIpc) is 3.02. The molecule has 2 aliphatic rings. The third kappa shape index (κ3) is 4.56. The maximum absolute atomic E-state index is 11.8. The van der Waals surface area contributed by atoms with E-state index in [0.717, 1.165) is 5.56 Å². The van der Waals surface area contributed by atoms with Gasteiger partial charge >= 0.3 is 0 Å². The molecule has 134 valence electrons. The molecule has 0 aromatic heterocycles. The molecule has 1 aromatic carbocycles. The van der Waals surface area contributed by atoms with E-state index in [0.29, 0.717) is 19.4 Å². The second kappa shape index (κ2) is 6.74. The van der Waals surface area contributed by atoms with Crippen LogP contribution in [0.25, 0.3) is 0 Å². The highest BCUT2D eigenvalue weighted by Gasteiger charge is 2.35. The van der Waals surface area contributed by atoms with Crippen LogP contribution in [0.4, 0.5) is 0 Å². The predicted molar refractivity (Wildman–Crippen MR) is 94.0 cm³/mol. The number of nitrogens with zero attached hydrogens (tertiary/aromatic N) is 1. The quantitative estimate of drug-likeness (QED) is 0.765. The molecule has 24 heavy (non-hydrogen) atoms. The average molecular weight is 373 g/mol. The molecule has 6 nitrogen and oxygen atoms in total. The van der Waals surface area contributed by atoms with Crippen LogP contribution >= 0.6 is 0 Å². The third-order valence-electron chi connectivity index (χ3n) is 4.70. The summed E-state index contributed by atoms with van der Waals surface area (Å²) in [6.07, 6.45) is 1.16. The lowest BCUT2D eigenvalue weighted by Gasteiger charge is -2.31. The number of hydrogen-bond acceptors (Lipinski definition) is 6. The highest BCUT2D eigenvalue weighted by Crippen LogP contribution is 2.21. The first-order chi connectivity index (χ1) is 11.2. The van der Waals surface area contributed by atoms with Crippen LogP contribution in [0.1, 0.15) is 24.0 Å². The van der Waals surface area contributed by atoms with Crippen LogP contribution in [0.5, 0.6) is 0 Å². The van der Waals surface area contributed by atoms with E-state index >= 15 is 0 Å². The molecule has 3 rings (SSSR count). The van der Waals surface area contributed by atoms with E-state index in [1.807, 2.05) is 36.2 Å². The first kappa shape index (κ1) is 17.8. The molecule has 2 atom stereocenters. The zero-order chi connectivity index (χ0) is 17.4. The first-order valence-corrected chi connectivity index (χ1v) is 11.9. The second-order valence-electron chi connectivity index (χ2n) is 6.90. The van der Waals surface area contributed by atoms with Crippen molar-refractivity contribution >= 4 is 19.7 Å². The van der Waals surface area contributed by atoms with Crippen LogP contribution in [0.2, 0.25) is 0 Å². The van der Waals surface area contributed by atoms with Crippen LogP contribution in [-0.4, -0.2) is 56.9 Å². The smallest absolute Gasteiger partial charge is 0.151 e. The maximum Gasteiger partial charge on any atom is 0.151 e. The molecule has 1 aromatic rings. The molecular weight excluding hydrogens is 348 g/mol. The van der Waals surface area contributed by atoms with Crippen molar-refractivity contribution in [3.05, 3.63) is 35.4 Å². The van der Waals surface area contributed by atoms with E-state index in [2.05, 4.69) is 5.43 Å². The maximum atomic E-state index is 11.8. The Morgan fingerprint density at radius 3 is 2.17 bits per heavy atom. The number of aryl methyl sites for hydroxylation is 1. The topological polar surface area (TPSA) is 83.6 Å². The monoisotopic (exact) mass is 372 g/mol. The SMILES string of the molecule is Cc1ccc(CN(N[C@@H]2CCS(=O)(=O)C2)[C@@H]2CCS(=O)(=O)C2)cc1. The van der Waals surface area contributed by atoms with Gasteiger partial charge in [-0.3, -0.25) is 5.43 Å². The zero-order valence-corrected chi connectivity index (χ0v) is 15.4. The number of hydrogen-bond donors (Lipinski definition) is 1. The highest BCUT2D eigenvalue weighted by atomic mass is 32.2. The fourth-order valence-corrected chi connectivity index (χ4v) is 6.72. The summed E-state index contributed by atoms with van der Waals surface area (Å²) in [4.78, 5) is 0. The third-order valence-corrected chi connectivity index (χ3v) is 8.22. The van der Waals surface area contributed by atoms with Gasteiger partial charge in [-0.05, 0) is 25.3 Å². The Hall–Kier alpha value is -0.960. The van der Waals surface area contributed by atoms with Crippen LogP contribution in [0, 0.1) is 6.92 Å². The molecule has 0 spiro atoms. The zero-order valence-electron chi connectivity index (χ0n) is 13.8. The molecular formula is C16H24N2O4S2. The molecule has 2 saturated heterocycles. The van der Waals surface area contributed by atoms with Crippen molar-refractivity contribution in [3.63, 3.8) is 0 Å². The lowest BCUT2D eigenvalue weighted by molar-refractivity contribution is 0.108. The summed E-state index contributed by atoms with van der Waals surface area (Å²) < 4.78 is 47.0. The minimum Gasteiger partial charge on any atom is -0.250 e. The van der Waals surface area contributed by atoms with Crippen molar-refractivity contribution in [3.8, 4) is 0 Å². The highest BCUT2D eigenvalue weighted by molar-refractivity contribution is 7.91. The van der Waals surface area contributed by atoms with Gasteiger partial charge < -0.3 is 0 Å². The largest absolute Gasteiger partial charge is 0.250 e. The lowest BCUT2D eigenvalue weighted by Crippen LogP contribution is -2.50. The van der Waals surface area contributed by atoms with Gasteiger partial charge in [0.1, 0.15) is 0 Å². The van der Waals surface area contributed by atoms with Gasteiger partial charge in [0.15, 0.2) is 19.7 Å². The van der Waals surface area contributed by atoms with Gasteiger partial charge in [-0.1, -0.05) is 29.8 Å². The molecule has 1 N–H and O–H groups in total. The Labute approximate surface area is 144 Å². The van der Waals surface area contributed by atoms with Crippen molar-refractivity contribution in [1.29, 1.82) is 0 Å². The fraction of sp³-hybridized carbons (Fsp3) is 0.625. The van der Waals surface area contributed by atoms with E-state index in [1.54, 1.807) is 0 Å². The Morgan fingerprint density at radius 1 is 1.00 bits per heavy atom. The molecule has 0 radical (unpaired) electrons. The Morgan fingerprint density at radius 2 is 1.62 bits per heavy atom. The number of benzene rings is 1. The first-order valence-electron chi connectivity index (χ1n) is 8.22. The van der Waals surface area contributed by atoms with Crippen molar-refractivity contribution in [2.24, 2.45) is 0 Å².